The number of hydrogen-bond donors (Lipinski definition) is 1. The molecule has 0 bridgehead atoms. The van der Waals surface area contributed by atoms with Gasteiger partial charge < -0.3 is 14.7 Å². The Morgan fingerprint density at radius 3 is 2.83 bits per heavy atom. The molecule has 0 amide bonds. The third kappa shape index (κ3) is 2.12. The number of hydrogen-bond acceptors (Lipinski definition) is 8. The first-order chi connectivity index (χ1) is 8.52. The van der Waals surface area contributed by atoms with Crippen molar-refractivity contribution >= 4 is 28.4 Å². The van der Waals surface area contributed by atoms with Crippen molar-refractivity contribution < 1.29 is 13.7 Å². The van der Waals surface area contributed by atoms with Gasteiger partial charge in [-0.05, 0) is 10.1 Å². The van der Waals surface area contributed by atoms with E-state index in [0.717, 1.165) is 22.3 Å². The summed E-state index contributed by atoms with van der Waals surface area (Å²) >= 11 is -1.50. The maximum Gasteiger partial charge on any atom is 0.342 e. The second kappa shape index (κ2) is 4.83. The van der Waals surface area contributed by atoms with E-state index in [-0.39, 0.29) is 16.6 Å². The topological polar surface area (TPSA) is 137 Å². The monoisotopic (exact) mass is 290 g/mol. The summed E-state index contributed by atoms with van der Waals surface area (Å²) in [6.07, 6.45) is 1.02. The normalized spacial score (nSPS) is 14.3. The van der Waals surface area contributed by atoms with Crippen LogP contribution in [-0.4, -0.2) is 38.0 Å². The maximum absolute atomic E-state index is 11.3. The number of nitro groups is 1. The first kappa shape index (κ1) is 12.7. The van der Waals surface area contributed by atoms with E-state index >= 15 is 0 Å². The lowest BCUT2D eigenvalue weighted by atomic mass is 10.4. The molecule has 2 aromatic heterocycles. The van der Waals surface area contributed by atoms with Crippen LogP contribution in [-0.2, 0) is 18.1 Å². The minimum Gasteiger partial charge on any atom is -0.358 e. The zero-order valence-electron chi connectivity index (χ0n) is 8.83. The Morgan fingerprint density at radius 1 is 1.67 bits per heavy atom. The largest absolute Gasteiger partial charge is 0.358 e. The van der Waals surface area contributed by atoms with Crippen molar-refractivity contribution in [2.75, 3.05) is 0 Å². The van der Waals surface area contributed by atoms with Gasteiger partial charge in [0, 0.05) is 11.5 Å². The summed E-state index contributed by atoms with van der Waals surface area (Å²) in [5.41, 5.74) is 0. The first-order valence-electron chi connectivity index (χ1n) is 4.43. The van der Waals surface area contributed by atoms with Crippen LogP contribution < -0.4 is 0 Å². The van der Waals surface area contributed by atoms with Gasteiger partial charge >= 0.3 is 5.82 Å². The Labute approximate surface area is 106 Å². The molecule has 18 heavy (non-hydrogen) atoms. The van der Waals surface area contributed by atoms with Crippen LogP contribution in [0.2, 0.25) is 0 Å². The van der Waals surface area contributed by atoms with Gasteiger partial charge in [-0.3, -0.25) is 0 Å². The van der Waals surface area contributed by atoms with Crippen molar-refractivity contribution in [2.45, 2.75) is 5.25 Å². The Morgan fingerprint density at radius 2 is 2.39 bits per heavy atom. The van der Waals surface area contributed by atoms with Crippen molar-refractivity contribution in [1.29, 1.82) is 0 Å². The van der Waals surface area contributed by atoms with Crippen LogP contribution in [0.1, 0.15) is 16.1 Å². The molecule has 1 N–H and O–H groups in total. The molecule has 96 valence electrons. The van der Waals surface area contributed by atoms with Crippen LogP contribution >= 0.6 is 11.5 Å². The fourth-order valence-electron chi connectivity index (χ4n) is 1.36. The molecule has 10 nitrogen and oxygen atoms in total. The summed E-state index contributed by atoms with van der Waals surface area (Å²) in [6.45, 7) is 0. The van der Waals surface area contributed by atoms with E-state index < -0.39 is 21.3 Å². The second-order valence-electron chi connectivity index (χ2n) is 3.15. The molecule has 0 aromatic carbocycles. The van der Waals surface area contributed by atoms with Gasteiger partial charge in [0.1, 0.15) is 6.20 Å². The van der Waals surface area contributed by atoms with Crippen LogP contribution in [0.5, 0.6) is 0 Å². The van der Waals surface area contributed by atoms with Gasteiger partial charge in [0.15, 0.2) is 21.3 Å². The average molecular weight is 290 g/mol. The predicted octanol–water partition coefficient (Wildman–Crippen LogP) is -0.114. The van der Waals surface area contributed by atoms with E-state index in [0.29, 0.717) is 0 Å². The van der Waals surface area contributed by atoms with Crippen LogP contribution in [0.4, 0.5) is 5.82 Å². The highest BCUT2D eigenvalue weighted by Crippen LogP contribution is 2.28. The van der Waals surface area contributed by atoms with Crippen molar-refractivity contribution in [3.8, 4) is 0 Å². The first-order valence-corrected chi connectivity index (χ1v) is 6.37. The maximum atomic E-state index is 11.3. The van der Waals surface area contributed by atoms with E-state index in [1.807, 2.05) is 0 Å². The van der Waals surface area contributed by atoms with Crippen molar-refractivity contribution in [3.05, 3.63) is 27.1 Å². The summed E-state index contributed by atoms with van der Waals surface area (Å²) in [5, 5.41) is 16.7. The zero-order valence-corrected chi connectivity index (χ0v) is 10.5. The smallest absolute Gasteiger partial charge is 0.342 e. The molecule has 12 heteroatoms. The molecular formula is C6H6N6O4S2. The molecule has 0 radical (unpaired) electrons. The lowest BCUT2D eigenvalue weighted by Crippen LogP contribution is -2.13. The summed E-state index contributed by atoms with van der Waals surface area (Å²) < 4.78 is 25.2. The Bertz CT molecular complexity index is 595. The van der Waals surface area contributed by atoms with Crippen LogP contribution in [0.25, 0.3) is 0 Å². The summed E-state index contributed by atoms with van der Waals surface area (Å²) in [7, 11) is 1.38. The molecule has 2 heterocycles. The minimum absolute atomic E-state index is 0.0566. The van der Waals surface area contributed by atoms with E-state index in [2.05, 4.69) is 19.8 Å². The highest BCUT2D eigenvalue weighted by atomic mass is 32.2. The number of rotatable bonds is 4. The third-order valence-electron chi connectivity index (χ3n) is 2.16. The van der Waals surface area contributed by atoms with Gasteiger partial charge in [-0.25, -0.2) is 13.8 Å². The van der Waals surface area contributed by atoms with Crippen molar-refractivity contribution in [3.63, 3.8) is 0 Å². The van der Waals surface area contributed by atoms with Gasteiger partial charge in [0.2, 0.25) is 5.82 Å². The summed E-state index contributed by atoms with van der Waals surface area (Å²) in [4.78, 5) is 13.8. The van der Waals surface area contributed by atoms with Crippen LogP contribution in [0.3, 0.4) is 0 Å². The molecule has 2 aromatic rings. The van der Waals surface area contributed by atoms with E-state index in [4.69, 9.17) is 0 Å². The Balaban J connectivity index is 2.51. The van der Waals surface area contributed by atoms with Gasteiger partial charge in [-0.2, -0.15) is 0 Å². The molecular weight excluding hydrogens is 284 g/mol. The predicted molar refractivity (Wildman–Crippen MR) is 60.2 cm³/mol. The number of nitrogens with zero attached hydrogens (tertiary/aromatic N) is 6. The molecule has 0 saturated heterocycles. The van der Waals surface area contributed by atoms with E-state index in [1.54, 1.807) is 0 Å². The lowest BCUT2D eigenvalue weighted by molar-refractivity contribution is -0.391. The molecule has 0 aliphatic rings. The quantitative estimate of drug-likeness (QED) is 0.467. The van der Waals surface area contributed by atoms with Crippen molar-refractivity contribution in [2.24, 2.45) is 7.05 Å². The fourth-order valence-corrected chi connectivity index (χ4v) is 2.78. The second-order valence-corrected chi connectivity index (χ2v) is 4.94. The van der Waals surface area contributed by atoms with Crippen molar-refractivity contribution in [1.82, 2.24) is 24.4 Å². The fraction of sp³-hybridized carbons (Fsp3) is 0.333. The summed E-state index contributed by atoms with van der Waals surface area (Å²) in [6, 6.07) is 0. The zero-order chi connectivity index (χ0) is 13.3. The Hall–Kier alpha value is -1.79. The van der Waals surface area contributed by atoms with Gasteiger partial charge in [0.25, 0.3) is 0 Å². The van der Waals surface area contributed by atoms with Crippen LogP contribution in [0.15, 0.2) is 6.20 Å². The highest BCUT2D eigenvalue weighted by molar-refractivity contribution is 7.79. The van der Waals surface area contributed by atoms with E-state index in [1.165, 1.54) is 7.05 Å². The molecule has 0 saturated carbocycles. The number of aromatic nitrogens is 5. The highest BCUT2D eigenvalue weighted by Gasteiger charge is 2.33. The van der Waals surface area contributed by atoms with E-state index in [9.17, 15) is 18.9 Å². The minimum atomic E-state index is -2.33. The average Bonchev–Trinajstić information content (AvgIpc) is 2.90. The third-order valence-corrected chi connectivity index (χ3v) is 3.81. The van der Waals surface area contributed by atoms with Gasteiger partial charge in [-0.15, -0.1) is 5.10 Å². The Kier molecular flexibility index (Phi) is 3.40. The molecule has 2 rings (SSSR count). The molecule has 2 atom stereocenters. The van der Waals surface area contributed by atoms with Crippen LogP contribution in [0, 0.1) is 10.1 Å². The molecule has 0 spiro atoms. The molecule has 2 unspecified atom stereocenters. The SMILES string of the molecule is Cn1c([N+](=O)[O-])cnc1C(c1nnns1)S(=O)O. The molecule has 0 aliphatic carbocycles. The molecule has 0 aliphatic heterocycles. The van der Waals surface area contributed by atoms with Gasteiger partial charge in [0.05, 0.1) is 7.05 Å². The summed E-state index contributed by atoms with van der Waals surface area (Å²) in [5.74, 6) is -0.223. The molecule has 0 fully saturated rings. The van der Waals surface area contributed by atoms with Gasteiger partial charge in [-0.1, -0.05) is 4.49 Å². The standard InChI is InChI=1S/C6H6N6O4S2/c1-11-3(12(13)14)2-7-5(11)4(18(15)16)6-8-9-10-17-6/h2,4H,1H3,(H,15,16). The number of imidazole rings is 1. The lowest BCUT2D eigenvalue weighted by Gasteiger charge is -2.05.